The molecule has 0 aliphatic rings. The van der Waals surface area contributed by atoms with Crippen molar-refractivity contribution in [3.63, 3.8) is 0 Å². The first-order chi connectivity index (χ1) is 9.94. The highest BCUT2D eigenvalue weighted by atomic mass is 19.4. The van der Waals surface area contributed by atoms with Gasteiger partial charge in [-0.25, -0.2) is 4.79 Å². The second-order valence-electron chi connectivity index (χ2n) is 5.97. The van der Waals surface area contributed by atoms with E-state index >= 15 is 0 Å². The predicted octanol–water partition coefficient (Wildman–Crippen LogP) is 4.59. The van der Waals surface area contributed by atoms with Crippen molar-refractivity contribution in [1.82, 2.24) is 0 Å². The zero-order chi connectivity index (χ0) is 17.1. The smallest absolute Gasteiger partial charge is 0.416 e. The van der Waals surface area contributed by atoms with Gasteiger partial charge in [0.15, 0.2) is 0 Å². The van der Waals surface area contributed by atoms with Crippen molar-refractivity contribution in [2.75, 3.05) is 11.1 Å². The van der Waals surface area contributed by atoms with Crippen LogP contribution in [0.5, 0.6) is 0 Å². The lowest BCUT2D eigenvalue weighted by Crippen LogP contribution is -2.27. The third-order valence-electron chi connectivity index (χ3n) is 2.74. The van der Waals surface area contributed by atoms with Gasteiger partial charge in [0.2, 0.25) is 0 Å². The first kappa shape index (κ1) is 18.1. The van der Waals surface area contributed by atoms with Crippen LogP contribution in [0.4, 0.5) is 29.3 Å². The van der Waals surface area contributed by atoms with Gasteiger partial charge in [0.1, 0.15) is 5.60 Å². The van der Waals surface area contributed by atoms with Crippen LogP contribution in [0.15, 0.2) is 12.1 Å². The van der Waals surface area contributed by atoms with Gasteiger partial charge in [0.05, 0.1) is 16.9 Å². The SMILES string of the molecule is CCCc1cc(NC(=O)OC(C)(C)C)c(N)cc1C(F)(F)F. The number of nitrogen functional groups attached to an aromatic ring is 1. The predicted molar refractivity (Wildman–Crippen MR) is 79.7 cm³/mol. The van der Waals surface area contributed by atoms with E-state index in [0.29, 0.717) is 6.42 Å². The first-order valence-corrected chi connectivity index (χ1v) is 6.93. The van der Waals surface area contributed by atoms with Crippen molar-refractivity contribution in [3.05, 3.63) is 23.3 Å². The highest BCUT2D eigenvalue weighted by molar-refractivity contribution is 5.89. The summed E-state index contributed by atoms with van der Waals surface area (Å²) in [6.07, 6.45) is -4.47. The van der Waals surface area contributed by atoms with E-state index in [1.807, 2.05) is 0 Å². The van der Waals surface area contributed by atoms with Crippen molar-refractivity contribution < 1.29 is 22.7 Å². The Hall–Kier alpha value is -1.92. The molecule has 0 fully saturated rings. The number of hydrogen-bond acceptors (Lipinski definition) is 3. The van der Waals surface area contributed by atoms with Crippen molar-refractivity contribution in [1.29, 1.82) is 0 Å². The number of carbonyl (C=O) groups is 1. The van der Waals surface area contributed by atoms with Crippen LogP contribution in [0.2, 0.25) is 0 Å². The third kappa shape index (κ3) is 5.13. The van der Waals surface area contributed by atoms with Crippen molar-refractivity contribution in [2.45, 2.75) is 52.3 Å². The summed E-state index contributed by atoms with van der Waals surface area (Å²) in [5, 5.41) is 2.39. The fourth-order valence-corrected chi connectivity index (χ4v) is 1.92. The minimum atomic E-state index is -4.48. The molecule has 0 aromatic heterocycles. The highest BCUT2D eigenvalue weighted by Crippen LogP contribution is 2.36. The summed E-state index contributed by atoms with van der Waals surface area (Å²) in [4.78, 5) is 11.7. The molecule has 1 aromatic carbocycles. The van der Waals surface area contributed by atoms with Crippen LogP contribution in [0.3, 0.4) is 0 Å². The van der Waals surface area contributed by atoms with Crippen LogP contribution in [0.1, 0.15) is 45.2 Å². The van der Waals surface area contributed by atoms with Gasteiger partial charge in [-0.05, 0) is 44.9 Å². The average Bonchev–Trinajstić information content (AvgIpc) is 2.29. The number of anilines is 2. The largest absolute Gasteiger partial charge is 0.444 e. The molecule has 1 aromatic rings. The van der Waals surface area contributed by atoms with E-state index < -0.39 is 23.4 Å². The molecule has 1 rings (SSSR count). The zero-order valence-electron chi connectivity index (χ0n) is 13.1. The lowest BCUT2D eigenvalue weighted by atomic mass is 10.0. The van der Waals surface area contributed by atoms with Crippen LogP contribution in [0, 0.1) is 0 Å². The maximum atomic E-state index is 13.0. The van der Waals surface area contributed by atoms with Crippen LogP contribution in [-0.2, 0) is 17.3 Å². The molecule has 0 atom stereocenters. The lowest BCUT2D eigenvalue weighted by molar-refractivity contribution is -0.138. The van der Waals surface area contributed by atoms with Gasteiger partial charge in [0.25, 0.3) is 0 Å². The Kier molecular flexibility index (Phi) is 5.32. The second-order valence-corrected chi connectivity index (χ2v) is 5.97. The molecule has 22 heavy (non-hydrogen) atoms. The Balaban J connectivity index is 3.12. The number of amides is 1. The summed E-state index contributed by atoms with van der Waals surface area (Å²) >= 11 is 0. The number of carbonyl (C=O) groups excluding carboxylic acids is 1. The molecule has 3 N–H and O–H groups in total. The molecular formula is C15H21F3N2O2. The average molecular weight is 318 g/mol. The Morgan fingerprint density at radius 3 is 2.32 bits per heavy atom. The number of rotatable bonds is 3. The Morgan fingerprint density at radius 2 is 1.86 bits per heavy atom. The van der Waals surface area contributed by atoms with Crippen molar-refractivity contribution >= 4 is 17.5 Å². The molecule has 4 nitrogen and oxygen atoms in total. The number of hydrogen-bond donors (Lipinski definition) is 2. The first-order valence-electron chi connectivity index (χ1n) is 6.93. The van der Waals surface area contributed by atoms with Gasteiger partial charge in [-0.1, -0.05) is 13.3 Å². The van der Waals surface area contributed by atoms with Crippen molar-refractivity contribution in [3.8, 4) is 0 Å². The normalized spacial score (nSPS) is 12.1. The van der Waals surface area contributed by atoms with E-state index in [9.17, 15) is 18.0 Å². The summed E-state index contributed by atoms with van der Waals surface area (Å²) in [5.74, 6) is 0. The maximum absolute atomic E-state index is 13.0. The van der Waals surface area contributed by atoms with Crippen LogP contribution in [0.25, 0.3) is 0 Å². The number of ether oxygens (including phenoxy) is 1. The van der Waals surface area contributed by atoms with E-state index in [1.165, 1.54) is 6.07 Å². The van der Waals surface area contributed by atoms with E-state index in [-0.39, 0.29) is 23.4 Å². The number of aryl methyl sites for hydroxylation is 1. The molecule has 7 heteroatoms. The van der Waals surface area contributed by atoms with E-state index in [0.717, 1.165) is 6.07 Å². The molecule has 0 bridgehead atoms. The summed E-state index contributed by atoms with van der Waals surface area (Å²) in [7, 11) is 0. The Labute approximate surface area is 127 Å². The van der Waals surface area contributed by atoms with Gasteiger partial charge in [-0.15, -0.1) is 0 Å². The summed E-state index contributed by atoms with van der Waals surface area (Å²) < 4.78 is 44.1. The third-order valence-corrected chi connectivity index (χ3v) is 2.74. The highest BCUT2D eigenvalue weighted by Gasteiger charge is 2.34. The molecule has 0 radical (unpaired) electrons. The van der Waals surface area contributed by atoms with Gasteiger partial charge in [-0.2, -0.15) is 13.2 Å². The van der Waals surface area contributed by atoms with Crippen molar-refractivity contribution in [2.24, 2.45) is 0 Å². The zero-order valence-corrected chi connectivity index (χ0v) is 13.1. The number of nitrogens with two attached hydrogens (primary N) is 1. The molecule has 124 valence electrons. The standard InChI is InChI=1S/C15H21F3N2O2/c1-5-6-9-7-12(20-13(21)22-14(2,3)4)11(19)8-10(9)15(16,17)18/h7-8H,5-6,19H2,1-4H3,(H,20,21). The number of nitrogens with one attached hydrogen (secondary N) is 1. The minimum Gasteiger partial charge on any atom is -0.444 e. The van der Waals surface area contributed by atoms with Crippen LogP contribution in [-0.4, -0.2) is 11.7 Å². The fourth-order valence-electron chi connectivity index (χ4n) is 1.92. The number of halogens is 3. The summed E-state index contributed by atoms with van der Waals surface area (Å²) in [5.41, 5.74) is 4.19. The Bertz CT molecular complexity index is 549. The van der Waals surface area contributed by atoms with Gasteiger partial charge in [0, 0.05) is 0 Å². The second kappa shape index (κ2) is 6.46. The number of alkyl halides is 3. The minimum absolute atomic E-state index is 0.0928. The quantitative estimate of drug-likeness (QED) is 0.801. The molecule has 0 saturated heterocycles. The molecule has 0 heterocycles. The van der Waals surface area contributed by atoms with Crippen LogP contribution < -0.4 is 11.1 Å². The van der Waals surface area contributed by atoms with Gasteiger partial charge < -0.3 is 10.5 Å². The molecule has 0 spiro atoms. The number of benzene rings is 1. The van der Waals surface area contributed by atoms with E-state index in [2.05, 4.69) is 5.32 Å². The van der Waals surface area contributed by atoms with E-state index in [4.69, 9.17) is 10.5 Å². The van der Waals surface area contributed by atoms with Gasteiger partial charge >= 0.3 is 12.3 Å². The fraction of sp³-hybridized carbons (Fsp3) is 0.533. The van der Waals surface area contributed by atoms with E-state index in [1.54, 1.807) is 27.7 Å². The Morgan fingerprint density at radius 1 is 1.27 bits per heavy atom. The molecule has 0 unspecified atom stereocenters. The monoisotopic (exact) mass is 318 g/mol. The maximum Gasteiger partial charge on any atom is 0.416 e. The molecule has 0 saturated carbocycles. The molecule has 0 aliphatic carbocycles. The van der Waals surface area contributed by atoms with Crippen LogP contribution >= 0.6 is 0 Å². The summed E-state index contributed by atoms with van der Waals surface area (Å²) in [6, 6.07) is 2.10. The lowest BCUT2D eigenvalue weighted by Gasteiger charge is -2.21. The summed E-state index contributed by atoms with van der Waals surface area (Å²) in [6.45, 7) is 6.83. The molecule has 0 aliphatic heterocycles. The topological polar surface area (TPSA) is 64.3 Å². The molecule has 1 amide bonds. The van der Waals surface area contributed by atoms with Gasteiger partial charge in [-0.3, -0.25) is 5.32 Å². The molecular weight excluding hydrogens is 297 g/mol.